The quantitative estimate of drug-likeness (QED) is 0.156. The van der Waals surface area contributed by atoms with Gasteiger partial charge in [0.25, 0.3) is 11.1 Å². The van der Waals surface area contributed by atoms with E-state index in [0.29, 0.717) is 32.0 Å². The molecule has 0 aromatic heterocycles. The lowest BCUT2D eigenvalue weighted by atomic mass is 10.1. The van der Waals surface area contributed by atoms with E-state index in [0.717, 1.165) is 46.9 Å². The maximum Gasteiger partial charge on any atom is 0.293 e. The van der Waals surface area contributed by atoms with Crippen LogP contribution in [-0.2, 0) is 11.4 Å². The number of rotatable bonds is 11. The second-order valence-electron chi connectivity index (χ2n) is 9.58. The van der Waals surface area contributed by atoms with E-state index in [-0.39, 0.29) is 30.9 Å². The number of anilines is 1. The van der Waals surface area contributed by atoms with Crippen molar-refractivity contribution in [1.29, 1.82) is 0 Å². The van der Waals surface area contributed by atoms with Crippen molar-refractivity contribution in [3.05, 3.63) is 105 Å². The zero-order chi connectivity index (χ0) is 29.6. The Bertz CT molecular complexity index is 1650. The number of halogens is 2. The first-order valence-electron chi connectivity index (χ1n) is 13.7. The Morgan fingerprint density at radius 2 is 1.67 bits per heavy atom. The summed E-state index contributed by atoms with van der Waals surface area (Å²) in [6.45, 7) is 6.39. The molecule has 0 radical (unpaired) electrons. The van der Waals surface area contributed by atoms with Crippen molar-refractivity contribution in [3.8, 4) is 11.5 Å². The molecule has 1 aliphatic rings. The van der Waals surface area contributed by atoms with Crippen molar-refractivity contribution < 1.29 is 19.1 Å². The number of hydrogen-bond acceptors (Lipinski definition) is 6. The van der Waals surface area contributed by atoms with Gasteiger partial charge in [-0.3, -0.25) is 14.5 Å². The van der Waals surface area contributed by atoms with Crippen LogP contribution in [0.15, 0.2) is 83.8 Å². The van der Waals surface area contributed by atoms with Gasteiger partial charge in [0.2, 0.25) is 0 Å². The number of hydrogen-bond donors (Lipinski definition) is 0. The second-order valence-corrected chi connectivity index (χ2v) is 11.4. The van der Waals surface area contributed by atoms with Crippen LogP contribution < -0.4 is 14.4 Å². The Balaban J connectivity index is 1.33. The van der Waals surface area contributed by atoms with Crippen molar-refractivity contribution in [3.63, 3.8) is 0 Å². The van der Waals surface area contributed by atoms with Crippen molar-refractivity contribution in [2.24, 2.45) is 0 Å². The molecule has 0 bridgehead atoms. The largest absolute Gasteiger partial charge is 0.491 e. The van der Waals surface area contributed by atoms with Gasteiger partial charge in [0.1, 0.15) is 24.7 Å². The first kappa shape index (κ1) is 29.8. The average Bonchev–Trinajstić information content (AvgIpc) is 3.25. The summed E-state index contributed by atoms with van der Waals surface area (Å²) in [5.74, 6) is 0.939. The van der Waals surface area contributed by atoms with Crippen LogP contribution in [0.5, 0.6) is 11.5 Å². The molecule has 1 saturated heterocycles. The van der Waals surface area contributed by atoms with Crippen molar-refractivity contribution in [2.45, 2.75) is 20.5 Å². The second kappa shape index (κ2) is 13.6. The number of carbonyl (C=O) groups is 2. The smallest absolute Gasteiger partial charge is 0.293 e. The van der Waals surface area contributed by atoms with Crippen LogP contribution in [0.4, 0.5) is 10.5 Å². The molecule has 42 heavy (non-hydrogen) atoms. The van der Waals surface area contributed by atoms with Gasteiger partial charge < -0.3 is 14.4 Å². The highest BCUT2D eigenvalue weighted by Gasteiger charge is 2.35. The normalized spacial score (nSPS) is 14.2. The summed E-state index contributed by atoms with van der Waals surface area (Å²) in [4.78, 5) is 29.9. The lowest BCUT2D eigenvalue weighted by molar-refractivity contribution is -0.123. The molecule has 0 unspecified atom stereocenters. The Kier molecular flexibility index (Phi) is 9.62. The average molecular weight is 622 g/mol. The molecule has 1 heterocycles. The molecule has 9 heteroatoms. The minimum atomic E-state index is -0.356. The third kappa shape index (κ3) is 6.70. The predicted molar refractivity (Wildman–Crippen MR) is 173 cm³/mol. The molecule has 2 amide bonds. The fourth-order valence-corrected chi connectivity index (χ4v) is 6.07. The molecule has 0 atom stereocenters. The molecule has 6 nitrogen and oxygen atoms in total. The van der Waals surface area contributed by atoms with Gasteiger partial charge >= 0.3 is 0 Å². The van der Waals surface area contributed by atoms with Gasteiger partial charge in [0.15, 0.2) is 0 Å². The molecule has 5 rings (SSSR count). The van der Waals surface area contributed by atoms with Gasteiger partial charge in [-0.2, -0.15) is 0 Å². The molecule has 0 aliphatic carbocycles. The van der Waals surface area contributed by atoms with E-state index in [1.54, 1.807) is 18.2 Å². The summed E-state index contributed by atoms with van der Waals surface area (Å²) in [6.07, 6.45) is 1.71. The van der Waals surface area contributed by atoms with Crippen LogP contribution >= 0.6 is 35.0 Å². The number of amides is 2. The lowest BCUT2D eigenvalue weighted by Gasteiger charge is -2.22. The molecular formula is C33H30Cl2N2O4S. The SMILES string of the molecule is CCN(CC)c1ccc(/C=C2\SC(=O)N(CCOc3cccc4ccccc34)C2=O)c(OCc2ccc(Cl)cc2Cl)c1. The van der Waals surface area contributed by atoms with Crippen LogP contribution in [0.1, 0.15) is 25.0 Å². The molecule has 0 N–H and O–H groups in total. The number of benzene rings is 4. The highest BCUT2D eigenvalue weighted by atomic mass is 35.5. The summed E-state index contributed by atoms with van der Waals surface area (Å²) in [6, 6.07) is 24.9. The number of thioether (sulfide) groups is 1. The van der Waals surface area contributed by atoms with Gasteiger partial charge in [-0.05, 0) is 67.4 Å². The summed E-state index contributed by atoms with van der Waals surface area (Å²) in [5, 5.41) is 2.77. The van der Waals surface area contributed by atoms with Gasteiger partial charge in [0.05, 0.1) is 11.4 Å². The van der Waals surface area contributed by atoms with Crippen molar-refractivity contribution in [1.82, 2.24) is 4.90 Å². The summed E-state index contributed by atoms with van der Waals surface area (Å²) >= 11 is 13.3. The molecular weight excluding hydrogens is 591 g/mol. The molecule has 1 fully saturated rings. The predicted octanol–water partition coefficient (Wildman–Crippen LogP) is 8.69. The number of ether oxygens (including phenoxy) is 2. The van der Waals surface area contributed by atoms with E-state index in [2.05, 4.69) is 18.7 Å². The van der Waals surface area contributed by atoms with E-state index in [1.165, 1.54) is 4.90 Å². The molecule has 4 aromatic rings. The highest BCUT2D eigenvalue weighted by molar-refractivity contribution is 8.18. The molecule has 0 saturated carbocycles. The first-order valence-corrected chi connectivity index (χ1v) is 15.3. The van der Waals surface area contributed by atoms with Crippen LogP contribution in [0.2, 0.25) is 10.0 Å². The van der Waals surface area contributed by atoms with Crippen molar-refractivity contribution in [2.75, 3.05) is 31.1 Å². The van der Waals surface area contributed by atoms with Crippen LogP contribution in [0.3, 0.4) is 0 Å². The Morgan fingerprint density at radius 1 is 0.881 bits per heavy atom. The van der Waals surface area contributed by atoms with E-state index >= 15 is 0 Å². The molecule has 216 valence electrons. The number of imide groups is 1. The standard InChI is InChI=1S/C33H30Cl2N2O4S/c1-3-36(4-2)26-15-13-23(30(20-26)41-21-24-12-14-25(34)19-28(24)35)18-31-32(38)37(33(39)42-31)16-17-40-29-11-7-9-22-8-5-6-10-27(22)29/h5-15,18-20H,3-4,16-17,21H2,1-2H3/b31-18-. The van der Waals surface area contributed by atoms with Gasteiger partial charge in [-0.25, -0.2) is 0 Å². The maximum absolute atomic E-state index is 13.3. The molecule has 4 aromatic carbocycles. The van der Waals surface area contributed by atoms with Crippen LogP contribution in [0, 0.1) is 0 Å². The minimum Gasteiger partial charge on any atom is -0.491 e. The highest BCUT2D eigenvalue weighted by Crippen LogP contribution is 2.36. The first-order chi connectivity index (χ1) is 20.4. The zero-order valence-electron chi connectivity index (χ0n) is 23.3. The molecule has 1 aliphatic heterocycles. The minimum absolute atomic E-state index is 0.143. The van der Waals surface area contributed by atoms with Crippen LogP contribution in [0.25, 0.3) is 16.8 Å². The summed E-state index contributed by atoms with van der Waals surface area (Å²) in [5.41, 5.74) is 2.47. The lowest BCUT2D eigenvalue weighted by Crippen LogP contribution is -2.32. The van der Waals surface area contributed by atoms with E-state index in [4.69, 9.17) is 32.7 Å². The zero-order valence-corrected chi connectivity index (χ0v) is 25.6. The fraction of sp³-hybridized carbons (Fsp3) is 0.212. The van der Waals surface area contributed by atoms with E-state index in [1.807, 2.05) is 66.7 Å². The van der Waals surface area contributed by atoms with E-state index in [9.17, 15) is 9.59 Å². The third-order valence-corrected chi connectivity index (χ3v) is 8.50. The van der Waals surface area contributed by atoms with Gasteiger partial charge in [-0.1, -0.05) is 65.7 Å². The van der Waals surface area contributed by atoms with Crippen LogP contribution in [-0.4, -0.2) is 42.3 Å². The van der Waals surface area contributed by atoms with Crippen molar-refractivity contribution >= 4 is 68.6 Å². The van der Waals surface area contributed by atoms with Gasteiger partial charge in [-0.15, -0.1) is 0 Å². The summed E-state index contributed by atoms with van der Waals surface area (Å²) < 4.78 is 12.2. The number of nitrogens with zero attached hydrogens (tertiary/aromatic N) is 2. The maximum atomic E-state index is 13.3. The summed E-state index contributed by atoms with van der Waals surface area (Å²) in [7, 11) is 0. The topological polar surface area (TPSA) is 59.1 Å². The number of carbonyl (C=O) groups excluding carboxylic acids is 2. The van der Waals surface area contributed by atoms with Gasteiger partial charge in [0, 0.05) is 51.4 Å². The molecule has 0 spiro atoms. The monoisotopic (exact) mass is 620 g/mol. The van der Waals surface area contributed by atoms with E-state index < -0.39 is 0 Å². The third-order valence-electron chi connectivity index (χ3n) is 7.01. The fourth-order valence-electron chi connectivity index (χ4n) is 4.75. The Hall–Kier alpha value is -3.65. The Labute approximate surface area is 259 Å². The Morgan fingerprint density at radius 3 is 2.45 bits per heavy atom. The number of fused-ring (bicyclic) bond motifs is 1.